The predicted molar refractivity (Wildman–Crippen MR) is 35.7 cm³/mol. The summed E-state index contributed by atoms with van der Waals surface area (Å²) in [6.45, 7) is -0.281. The van der Waals surface area contributed by atoms with Crippen LogP contribution >= 0.6 is 0 Å². The van der Waals surface area contributed by atoms with Gasteiger partial charge in [0.2, 0.25) is 0 Å². The van der Waals surface area contributed by atoms with Gasteiger partial charge in [-0.2, -0.15) is 5.26 Å². The number of hydrogen-bond acceptors (Lipinski definition) is 4. The summed E-state index contributed by atoms with van der Waals surface area (Å²) in [6.07, 6.45) is 0. The van der Waals surface area contributed by atoms with E-state index in [-0.39, 0.29) is 49.8 Å². The van der Waals surface area contributed by atoms with Crippen molar-refractivity contribution in [2.24, 2.45) is 5.73 Å². The van der Waals surface area contributed by atoms with Crippen LogP contribution in [0.25, 0.3) is 0 Å². The maximum absolute atomic E-state index is 9.58. The topological polar surface area (TPSA) is 72.6 Å². The second kappa shape index (κ2) is 10.6. The van der Waals surface area contributed by atoms with Crippen LogP contribution in [0.5, 0.6) is 0 Å². The van der Waals surface area contributed by atoms with Crippen LogP contribution in [0.1, 0.15) is 2.85 Å². The van der Waals surface area contributed by atoms with Gasteiger partial charge in [0.25, 0.3) is 0 Å². The molecule has 0 aliphatic heterocycles. The molecule has 0 bridgehead atoms. The summed E-state index contributed by atoms with van der Waals surface area (Å²) in [5.41, 5.74) is 4.65. The summed E-state index contributed by atoms with van der Waals surface area (Å²) in [6, 6.07) is 0. The molecule has 0 amide bonds. The zero-order chi connectivity index (χ0) is 4.99. The van der Waals surface area contributed by atoms with Crippen molar-refractivity contribution in [3.8, 4) is 0 Å². The van der Waals surface area contributed by atoms with Crippen LogP contribution in [0, 0.1) is 0 Å². The molecule has 0 aliphatic rings. The van der Waals surface area contributed by atoms with Gasteiger partial charge in [0, 0.05) is 0 Å². The molecule has 0 heterocycles. The summed E-state index contributed by atoms with van der Waals surface area (Å²) in [4.78, 5) is 12.7. The molecule has 0 aromatic rings. The van der Waals surface area contributed by atoms with Crippen molar-refractivity contribution in [1.82, 2.24) is 0 Å². The Morgan fingerprint density at radius 3 is 2.25 bits per heavy atom. The first kappa shape index (κ1) is 15.9. The molecule has 0 aromatic carbocycles. The Morgan fingerprint density at radius 1 is 1.88 bits per heavy atom. The summed E-state index contributed by atoms with van der Waals surface area (Å²) >= 11 is 0. The Morgan fingerprint density at radius 2 is 2.25 bits per heavy atom. The van der Waals surface area contributed by atoms with Crippen LogP contribution in [0.4, 0.5) is 0 Å². The van der Waals surface area contributed by atoms with Gasteiger partial charge in [-0.1, -0.05) is 0 Å². The second-order valence-electron chi connectivity index (χ2n) is 0.667. The molecule has 0 unspecified atom stereocenters. The second-order valence-corrected chi connectivity index (χ2v) is 0.667. The third-order valence-electron chi connectivity index (χ3n) is 0.268. The van der Waals surface area contributed by atoms with Gasteiger partial charge in [-0.3, -0.25) is 4.89 Å². The average molecular weight is 147 g/mol. The van der Waals surface area contributed by atoms with Crippen molar-refractivity contribution in [3.05, 3.63) is 0 Å². The van der Waals surface area contributed by atoms with E-state index >= 15 is 0 Å². The summed E-state index contributed by atoms with van der Waals surface area (Å²) in [7, 11) is 0. The van der Waals surface area contributed by atoms with Gasteiger partial charge in [-0.25, -0.2) is 4.79 Å². The van der Waals surface area contributed by atoms with Crippen LogP contribution in [0.3, 0.4) is 0 Å². The fourth-order valence-electron chi connectivity index (χ4n) is 0.0373. The number of hydrogen-bond donors (Lipinski definition) is 2. The monoisotopic (exact) mass is 147 g/mol. The molecule has 0 aromatic heterocycles. The Labute approximate surface area is 76.6 Å². The molecule has 3 N–H and O–H groups in total. The molecule has 4 nitrogen and oxygen atoms in total. The van der Waals surface area contributed by atoms with E-state index in [2.05, 4.69) is 10.6 Å². The first-order valence-corrected chi connectivity index (χ1v) is 1.35. The van der Waals surface area contributed by atoms with Crippen molar-refractivity contribution in [2.45, 2.75) is 0 Å². The Hall–Kier alpha value is 0.689. The first-order valence-electron chi connectivity index (χ1n) is 1.35. The normalized spacial score (nSPS) is 5.75. The van der Waals surface area contributed by atoms with E-state index in [1.54, 1.807) is 0 Å². The van der Waals surface area contributed by atoms with Gasteiger partial charge in [0.05, 0.1) is 6.54 Å². The van der Waals surface area contributed by atoms with E-state index < -0.39 is 5.97 Å². The number of rotatable bonds is 1. The van der Waals surface area contributed by atoms with Crippen LogP contribution < -0.4 is 5.73 Å². The molecule has 0 spiro atoms. The van der Waals surface area contributed by atoms with Crippen LogP contribution in [0.2, 0.25) is 0 Å². The minimum atomic E-state index is -0.824. The van der Waals surface area contributed by atoms with Crippen LogP contribution in [0.15, 0.2) is 0 Å². The molecule has 0 radical (unpaired) electrons. The van der Waals surface area contributed by atoms with E-state index in [1.807, 2.05) is 0 Å². The minimum Gasteiger partial charge on any atom is -1.00 e. The van der Waals surface area contributed by atoms with Crippen LogP contribution in [-0.4, -0.2) is 58.2 Å². The fraction of sp³-hybridized carbons (Fsp3) is 0.500. The van der Waals surface area contributed by atoms with Crippen LogP contribution in [-0.2, 0) is 9.68 Å². The van der Waals surface area contributed by atoms with Gasteiger partial charge in [0.1, 0.15) is 0 Å². The maximum Gasteiger partial charge on any atom is 2.00 e. The number of nitrogens with two attached hydrogens (primary N) is 1. The molecular formula is C2H10AlMgNO3. The minimum absolute atomic E-state index is 0. The summed E-state index contributed by atoms with van der Waals surface area (Å²) in [5.74, 6) is -0.824. The van der Waals surface area contributed by atoms with E-state index in [0.29, 0.717) is 0 Å². The van der Waals surface area contributed by atoms with Crippen molar-refractivity contribution in [2.75, 3.05) is 6.54 Å². The van der Waals surface area contributed by atoms with Gasteiger partial charge in [0.15, 0.2) is 17.4 Å². The number of carbonyl (C=O) groups is 1. The molecular weight excluding hydrogens is 137 g/mol. The van der Waals surface area contributed by atoms with Gasteiger partial charge in [-0.15, -0.1) is 0 Å². The predicted octanol–water partition coefficient (Wildman–Crippen LogP) is -2.38. The standard InChI is InChI=1S/C2H5NO3.Al.Mg.5H/c3-1-2(4)6-5;;;;;;;/h5H,1,3H2;;;;;;;/q;;+2;;;;2*-1. The Bertz CT molecular complexity index is 62.5. The van der Waals surface area contributed by atoms with Crippen molar-refractivity contribution in [1.29, 1.82) is 0 Å². The molecule has 0 rings (SSSR count). The molecule has 8 heavy (non-hydrogen) atoms. The quantitative estimate of drug-likeness (QED) is 0.247. The molecule has 0 atom stereocenters. The Balaban J connectivity index is -0.0000000208. The first-order chi connectivity index (χ1) is 2.81. The van der Waals surface area contributed by atoms with Crippen molar-refractivity contribution in [3.63, 3.8) is 0 Å². The zero-order valence-electron chi connectivity index (χ0n) is 5.76. The van der Waals surface area contributed by atoms with Gasteiger partial charge < -0.3 is 8.59 Å². The van der Waals surface area contributed by atoms with E-state index in [1.165, 1.54) is 0 Å². The fourth-order valence-corrected chi connectivity index (χ4v) is 0.0373. The molecule has 46 valence electrons. The van der Waals surface area contributed by atoms with Gasteiger partial charge >= 0.3 is 29.0 Å². The molecule has 0 saturated carbocycles. The van der Waals surface area contributed by atoms with E-state index in [0.717, 1.165) is 0 Å². The van der Waals surface area contributed by atoms with E-state index in [9.17, 15) is 4.79 Å². The molecule has 6 heteroatoms. The smallest absolute Gasteiger partial charge is 1.00 e. The zero-order valence-corrected chi connectivity index (χ0v) is 5.17. The Kier molecular flexibility index (Phi) is 21.1. The molecule has 0 aliphatic carbocycles. The van der Waals surface area contributed by atoms with Crippen molar-refractivity contribution >= 4 is 46.4 Å². The third kappa shape index (κ3) is 9.85. The SMILES string of the molecule is NCC(=O)OO.[AlH3].[H-].[H-].[Mg+2]. The number of carbonyl (C=O) groups excluding carboxylic acids is 1. The summed E-state index contributed by atoms with van der Waals surface area (Å²) < 4.78 is 0. The average Bonchev–Trinajstić information content (AvgIpc) is 1.65. The van der Waals surface area contributed by atoms with Crippen molar-refractivity contribution < 1.29 is 17.8 Å². The third-order valence-corrected chi connectivity index (χ3v) is 0.268. The van der Waals surface area contributed by atoms with E-state index in [4.69, 9.17) is 5.26 Å². The molecule has 0 saturated heterocycles. The largest absolute Gasteiger partial charge is 2.00 e. The summed E-state index contributed by atoms with van der Waals surface area (Å²) in [5, 5.41) is 7.41. The maximum atomic E-state index is 9.58. The molecule has 0 fully saturated rings. The van der Waals surface area contributed by atoms with Gasteiger partial charge in [-0.05, 0) is 0 Å².